The summed E-state index contributed by atoms with van der Waals surface area (Å²) in [5, 5.41) is 4.23. The van der Waals surface area contributed by atoms with Crippen molar-refractivity contribution in [2.24, 2.45) is 0 Å². The predicted octanol–water partition coefficient (Wildman–Crippen LogP) is 2.98. The molecule has 3 N–H and O–H groups in total. The van der Waals surface area contributed by atoms with Crippen LogP contribution in [0.25, 0.3) is 10.9 Å². The summed E-state index contributed by atoms with van der Waals surface area (Å²) in [7, 11) is 1.88. The molecule has 0 spiro atoms. The quantitative estimate of drug-likeness (QED) is 0.809. The Labute approximate surface area is 95.7 Å². The summed E-state index contributed by atoms with van der Waals surface area (Å²) in [6.07, 6.45) is 1.72. The first-order valence-corrected chi connectivity index (χ1v) is 5.50. The first kappa shape index (κ1) is 10.7. The minimum atomic E-state index is 0.463. The predicted molar refractivity (Wildman–Crippen MR) is 69.8 cm³/mol. The van der Waals surface area contributed by atoms with E-state index >= 15 is 0 Å². The third kappa shape index (κ3) is 1.58. The van der Waals surface area contributed by atoms with Gasteiger partial charge in [0.1, 0.15) is 0 Å². The van der Waals surface area contributed by atoms with Crippen molar-refractivity contribution in [2.45, 2.75) is 19.8 Å². The largest absolute Gasteiger partial charge is 0.396 e. The second-order valence-electron chi connectivity index (χ2n) is 4.24. The average Bonchev–Trinajstić information content (AvgIpc) is 2.27. The van der Waals surface area contributed by atoms with Gasteiger partial charge in [-0.3, -0.25) is 4.98 Å². The summed E-state index contributed by atoms with van der Waals surface area (Å²) >= 11 is 0. The SMILES string of the molecule is CNc1c(N)cnc2c(C(C)C)cccc12. The number of fused-ring (bicyclic) bond motifs is 1. The molecule has 0 saturated carbocycles. The zero-order chi connectivity index (χ0) is 11.7. The monoisotopic (exact) mass is 215 g/mol. The van der Waals surface area contributed by atoms with Gasteiger partial charge in [-0.25, -0.2) is 0 Å². The van der Waals surface area contributed by atoms with Gasteiger partial charge < -0.3 is 11.1 Å². The molecule has 3 nitrogen and oxygen atoms in total. The molecule has 0 bridgehead atoms. The van der Waals surface area contributed by atoms with Gasteiger partial charge in [0.05, 0.1) is 23.1 Å². The summed E-state index contributed by atoms with van der Waals surface area (Å²) in [5.74, 6) is 0.463. The third-order valence-corrected chi connectivity index (χ3v) is 2.83. The Morgan fingerprint density at radius 1 is 1.31 bits per heavy atom. The van der Waals surface area contributed by atoms with Crippen molar-refractivity contribution < 1.29 is 0 Å². The normalized spacial score (nSPS) is 11.0. The van der Waals surface area contributed by atoms with Crippen LogP contribution in [-0.2, 0) is 0 Å². The minimum absolute atomic E-state index is 0.463. The van der Waals surface area contributed by atoms with E-state index in [2.05, 4.69) is 42.3 Å². The van der Waals surface area contributed by atoms with Gasteiger partial charge in [-0.1, -0.05) is 32.0 Å². The zero-order valence-electron chi connectivity index (χ0n) is 9.91. The van der Waals surface area contributed by atoms with E-state index in [1.807, 2.05) is 7.05 Å². The topological polar surface area (TPSA) is 50.9 Å². The van der Waals surface area contributed by atoms with Gasteiger partial charge in [-0.05, 0) is 11.5 Å². The van der Waals surface area contributed by atoms with Crippen LogP contribution in [0.1, 0.15) is 25.3 Å². The van der Waals surface area contributed by atoms with Crippen LogP contribution in [0.2, 0.25) is 0 Å². The van der Waals surface area contributed by atoms with Crippen molar-refractivity contribution in [3.63, 3.8) is 0 Å². The molecule has 2 aromatic rings. The molecule has 0 aliphatic carbocycles. The number of aromatic nitrogens is 1. The lowest BCUT2D eigenvalue weighted by molar-refractivity contribution is 0.873. The lowest BCUT2D eigenvalue weighted by Crippen LogP contribution is -2.00. The number of hydrogen-bond acceptors (Lipinski definition) is 3. The average molecular weight is 215 g/mol. The standard InChI is InChI=1S/C13H17N3/c1-8(2)9-5-4-6-10-12(9)16-7-11(14)13(10)15-3/h4-8H,14H2,1-3H3,(H,15,16). The van der Waals surface area contributed by atoms with Crippen molar-refractivity contribution in [1.29, 1.82) is 0 Å². The third-order valence-electron chi connectivity index (χ3n) is 2.83. The fraction of sp³-hybridized carbons (Fsp3) is 0.308. The lowest BCUT2D eigenvalue weighted by Gasteiger charge is -2.13. The van der Waals surface area contributed by atoms with Crippen LogP contribution in [0.15, 0.2) is 24.4 Å². The Hall–Kier alpha value is -1.77. The molecule has 0 amide bonds. The molecule has 0 fully saturated rings. The van der Waals surface area contributed by atoms with Crippen LogP contribution >= 0.6 is 0 Å². The molecule has 16 heavy (non-hydrogen) atoms. The first-order valence-electron chi connectivity index (χ1n) is 5.50. The highest BCUT2D eigenvalue weighted by Gasteiger charge is 2.10. The van der Waals surface area contributed by atoms with Crippen molar-refractivity contribution in [3.8, 4) is 0 Å². The molecular formula is C13H17N3. The molecule has 0 aliphatic rings. The van der Waals surface area contributed by atoms with Crippen molar-refractivity contribution in [2.75, 3.05) is 18.1 Å². The molecule has 84 valence electrons. The van der Waals surface area contributed by atoms with Gasteiger partial charge >= 0.3 is 0 Å². The van der Waals surface area contributed by atoms with Crippen LogP contribution in [-0.4, -0.2) is 12.0 Å². The number of nitrogens with zero attached hydrogens (tertiary/aromatic N) is 1. The molecule has 0 saturated heterocycles. The molecule has 0 atom stereocenters. The maximum atomic E-state index is 5.90. The maximum Gasteiger partial charge on any atom is 0.0758 e. The Morgan fingerprint density at radius 2 is 2.06 bits per heavy atom. The highest BCUT2D eigenvalue weighted by atomic mass is 14.9. The Balaban J connectivity index is 2.81. The summed E-state index contributed by atoms with van der Waals surface area (Å²) in [4.78, 5) is 4.45. The van der Waals surface area contributed by atoms with Crippen LogP contribution < -0.4 is 11.1 Å². The van der Waals surface area contributed by atoms with Gasteiger partial charge in [0, 0.05) is 12.4 Å². The number of rotatable bonds is 2. The molecule has 2 rings (SSSR count). The number of anilines is 2. The summed E-state index contributed by atoms with van der Waals surface area (Å²) < 4.78 is 0. The second-order valence-corrected chi connectivity index (χ2v) is 4.24. The molecular weight excluding hydrogens is 198 g/mol. The smallest absolute Gasteiger partial charge is 0.0758 e. The molecule has 0 radical (unpaired) electrons. The van der Waals surface area contributed by atoms with Crippen LogP contribution in [0.3, 0.4) is 0 Å². The molecule has 3 heteroatoms. The molecule has 1 aromatic heterocycles. The van der Waals surface area contributed by atoms with E-state index in [1.54, 1.807) is 6.20 Å². The van der Waals surface area contributed by atoms with E-state index < -0.39 is 0 Å². The summed E-state index contributed by atoms with van der Waals surface area (Å²) in [6, 6.07) is 6.23. The number of pyridine rings is 1. The van der Waals surface area contributed by atoms with Gasteiger partial charge in [-0.15, -0.1) is 0 Å². The van der Waals surface area contributed by atoms with Crippen LogP contribution in [0.5, 0.6) is 0 Å². The number of nitrogens with one attached hydrogen (secondary N) is 1. The Kier molecular flexibility index (Phi) is 2.69. The number of para-hydroxylation sites is 1. The Bertz CT molecular complexity index is 518. The lowest BCUT2D eigenvalue weighted by atomic mass is 9.99. The fourth-order valence-corrected chi connectivity index (χ4v) is 2.01. The van der Waals surface area contributed by atoms with Gasteiger partial charge in [0.2, 0.25) is 0 Å². The van der Waals surface area contributed by atoms with E-state index in [0.717, 1.165) is 16.6 Å². The molecule has 1 heterocycles. The maximum absolute atomic E-state index is 5.90. The number of hydrogen-bond donors (Lipinski definition) is 2. The highest BCUT2D eigenvalue weighted by Crippen LogP contribution is 2.31. The van der Waals surface area contributed by atoms with Crippen molar-refractivity contribution in [1.82, 2.24) is 4.98 Å². The highest BCUT2D eigenvalue weighted by molar-refractivity contribution is 5.98. The first-order chi connectivity index (χ1) is 7.65. The van der Waals surface area contributed by atoms with Crippen LogP contribution in [0.4, 0.5) is 11.4 Å². The van der Waals surface area contributed by atoms with Crippen molar-refractivity contribution >= 4 is 22.3 Å². The number of benzene rings is 1. The van der Waals surface area contributed by atoms with E-state index in [1.165, 1.54) is 5.56 Å². The van der Waals surface area contributed by atoms with Gasteiger partial charge in [0.25, 0.3) is 0 Å². The fourth-order valence-electron chi connectivity index (χ4n) is 2.01. The second kappa shape index (κ2) is 4.00. The van der Waals surface area contributed by atoms with Gasteiger partial charge in [-0.2, -0.15) is 0 Å². The zero-order valence-corrected chi connectivity index (χ0v) is 9.91. The van der Waals surface area contributed by atoms with E-state index in [4.69, 9.17) is 5.73 Å². The van der Waals surface area contributed by atoms with E-state index in [9.17, 15) is 0 Å². The summed E-state index contributed by atoms with van der Waals surface area (Å²) in [5.41, 5.74) is 9.85. The summed E-state index contributed by atoms with van der Waals surface area (Å²) in [6.45, 7) is 4.34. The molecule has 0 aliphatic heterocycles. The van der Waals surface area contributed by atoms with E-state index in [0.29, 0.717) is 11.6 Å². The Morgan fingerprint density at radius 3 is 2.69 bits per heavy atom. The van der Waals surface area contributed by atoms with Gasteiger partial charge in [0.15, 0.2) is 0 Å². The number of nitrogen functional groups attached to an aromatic ring is 1. The van der Waals surface area contributed by atoms with Crippen molar-refractivity contribution in [3.05, 3.63) is 30.0 Å². The molecule has 0 unspecified atom stereocenters. The van der Waals surface area contributed by atoms with Crippen LogP contribution in [0, 0.1) is 0 Å². The number of nitrogens with two attached hydrogens (primary N) is 1. The minimum Gasteiger partial charge on any atom is -0.396 e. The van der Waals surface area contributed by atoms with E-state index in [-0.39, 0.29) is 0 Å². The molecule has 1 aromatic carbocycles.